The van der Waals surface area contributed by atoms with Crippen LogP contribution in [0, 0.1) is 0 Å². The molecule has 0 saturated carbocycles. The van der Waals surface area contributed by atoms with E-state index in [2.05, 4.69) is 52.5 Å². The van der Waals surface area contributed by atoms with E-state index in [1.165, 1.54) is 0 Å². The van der Waals surface area contributed by atoms with E-state index in [4.69, 9.17) is 0 Å². The molecule has 0 aliphatic rings. The summed E-state index contributed by atoms with van der Waals surface area (Å²) < 4.78 is 3.40. The third-order valence-corrected chi connectivity index (χ3v) is 1.04. The van der Waals surface area contributed by atoms with E-state index in [1.807, 2.05) is 0 Å². The lowest BCUT2D eigenvalue weighted by atomic mass is 10.9. The van der Waals surface area contributed by atoms with Crippen molar-refractivity contribution in [1.29, 1.82) is 0 Å². The van der Waals surface area contributed by atoms with E-state index < -0.39 is 8.30 Å². The molecule has 0 aliphatic heterocycles. The monoisotopic (exact) mass is 323 g/mol. The second kappa shape index (κ2) is 3.78. The molecule has 0 unspecified atom stereocenters. The van der Waals surface area contributed by atoms with Crippen LogP contribution in [-0.2, 0) is 9.84 Å². The number of carbonyl (C=O) groups excluding carboxylic acids is 1. The maximum Gasteiger partial charge on any atom is 0.550 e. The van der Waals surface area contributed by atoms with Gasteiger partial charge in [0.2, 0.25) is 0 Å². The molecule has 0 aliphatic carbocycles. The first kappa shape index (κ1) is 9.71. The Morgan fingerprint density at radius 2 is 1.89 bits per heavy atom. The smallest absolute Gasteiger partial charge is 0.428 e. The van der Waals surface area contributed by atoms with Gasteiger partial charge in [-0.2, -0.15) is 9.90 Å². The molecular formula is C3H2Br3O3. The lowest BCUT2D eigenvalue weighted by Crippen LogP contribution is -2.13. The average Bonchev–Trinajstić information content (AvgIpc) is 1.59. The predicted molar refractivity (Wildman–Crippen MR) is 41.5 cm³/mol. The lowest BCUT2D eigenvalue weighted by molar-refractivity contribution is 0.0712. The summed E-state index contributed by atoms with van der Waals surface area (Å²) in [5.41, 5.74) is 0. The van der Waals surface area contributed by atoms with Crippen LogP contribution in [0.3, 0.4) is 0 Å². The molecule has 0 amide bonds. The number of rotatable bonds is 1. The minimum absolute atomic E-state index is 0.0602. The van der Waals surface area contributed by atoms with Gasteiger partial charge in [0, 0.05) is 0 Å². The first-order valence-corrected chi connectivity index (χ1v) is 4.20. The molecule has 0 fully saturated rings. The van der Waals surface area contributed by atoms with Gasteiger partial charge in [-0.15, -0.1) is 0 Å². The minimum Gasteiger partial charge on any atom is -0.428 e. The fraction of sp³-hybridized carbons (Fsp3) is 0.667. The van der Waals surface area contributed by atoms with E-state index >= 15 is 0 Å². The van der Waals surface area contributed by atoms with Crippen molar-refractivity contribution in [2.45, 2.75) is 2.14 Å². The van der Waals surface area contributed by atoms with Gasteiger partial charge in [-0.05, 0) is 0 Å². The summed E-state index contributed by atoms with van der Waals surface area (Å²) >= 11 is 9.07. The molecule has 3 nitrogen and oxygen atoms in total. The van der Waals surface area contributed by atoms with Crippen molar-refractivity contribution in [2.24, 2.45) is 0 Å². The number of hydrogen-bond acceptors (Lipinski definition) is 2. The largest absolute Gasteiger partial charge is 0.550 e. The number of halogens is 3. The summed E-state index contributed by atoms with van der Waals surface area (Å²) in [6, 6.07) is 0. The molecule has 53 valence electrons. The maximum atomic E-state index is 9.65. The van der Waals surface area contributed by atoms with Crippen molar-refractivity contribution in [3.05, 3.63) is 0 Å². The maximum absolute atomic E-state index is 9.65. The molecule has 0 aromatic carbocycles. The summed E-state index contributed by atoms with van der Waals surface area (Å²) in [7, 11) is 0. The van der Waals surface area contributed by atoms with E-state index in [1.54, 1.807) is 0 Å². The van der Waals surface area contributed by atoms with Crippen LogP contribution in [0.2, 0.25) is 0 Å². The van der Waals surface area contributed by atoms with Crippen molar-refractivity contribution in [3.8, 4) is 0 Å². The Labute approximate surface area is 77.1 Å². The standard InChI is InChI=1S/C3H2Br3O3/c4-3(5,6)1-9-2(7)8/h1H2. The van der Waals surface area contributed by atoms with Crippen LogP contribution in [-0.4, -0.2) is 14.9 Å². The number of ether oxygens (including phenoxy) is 1. The van der Waals surface area contributed by atoms with Crippen molar-refractivity contribution < 1.29 is 14.6 Å². The van der Waals surface area contributed by atoms with Crippen molar-refractivity contribution in [1.82, 2.24) is 0 Å². The Kier molecular flexibility index (Phi) is 4.07. The molecule has 6 heteroatoms. The molecule has 0 spiro atoms. The fourth-order valence-electron chi connectivity index (χ4n) is 0.141. The van der Waals surface area contributed by atoms with Crippen LogP contribution in [0.1, 0.15) is 0 Å². The minimum atomic E-state index is -1.54. The highest BCUT2D eigenvalue weighted by Gasteiger charge is 2.20. The van der Waals surface area contributed by atoms with Gasteiger partial charge in [0.25, 0.3) is 0 Å². The number of alkyl halides is 3. The summed E-state index contributed by atoms with van der Waals surface area (Å²) in [6.07, 6.45) is -1.54. The summed E-state index contributed by atoms with van der Waals surface area (Å²) in [4.78, 5) is 9.65. The first-order valence-electron chi connectivity index (χ1n) is 1.82. The Hall–Kier alpha value is 0.710. The fourth-order valence-corrected chi connectivity index (χ4v) is 0.484. The third-order valence-electron chi connectivity index (χ3n) is 0.354. The van der Waals surface area contributed by atoms with Crippen molar-refractivity contribution in [3.63, 3.8) is 0 Å². The van der Waals surface area contributed by atoms with Gasteiger partial charge in [0.1, 0.15) is 6.61 Å². The molecule has 1 radical (unpaired) electrons. The third kappa shape index (κ3) is 8.71. The molecule has 0 rings (SSSR count). The highest BCUT2D eigenvalue weighted by molar-refractivity contribution is 9.39. The molecule has 0 aromatic heterocycles. The van der Waals surface area contributed by atoms with Crippen molar-refractivity contribution in [2.75, 3.05) is 6.61 Å². The quantitative estimate of drug-likeness (QED) is 0.549. The van der Waals surface area contributed by atoms with Crippen LogP contribution in [0.25, 0.3) is 0 Å². The van der Waals surface area contributed by atoms with Gasteiger partial charge in [-0.1, -0.05) is 47.8 Å². The second-order valence-electron chi connectivity index (χ2n) is 1.15. The number of carbonyl (C=O) groups is 1. The molecule has 0 bridgehead atoms. The normalized spacial score (nSPS) is 11.0. The number of hydrogen-bond donors (Lipinski definition) is 0. The summed E-state index contributed by atoms with van der Waals surface area (Å²) in [5, 5.41) is 9.65. The molecule has 9 heavy (non-hydrogen) atoms. The van der Waals surface area contributed by atoms with Crippen LogP contribution >= 0.6 is 47.8 Å². The molecule has 0 atom stereocenters. The van der Waals surface area contributed by atoms with E-state index in [9.17, 15) is 9.90 Å². The Bertz CT molecular complexity index is 107. The zero-order valence-corrected chi connectivity index (χ0v) is 8.82. The Morgan fingerprint density at radius 1 is 1.44 bits per heavy atom. The first-order chi connectivity index (χ1) is 3.92. The summed E-state index contributed by atoms with van der Waals surface area (Å²) in [5.74, 6) is 0. The summed E-state index contributed by atoms with van der Waals surface area (Å²) in [6.45, 7) is -0.0602. The highest BCUT2D eigenvalue weighted by atomic mass is 80.0. The SMILES string of the molecule is [O]C(=O)OCC(Br)(Br)Br. The predicted octanol–water partition coefficient (Wildman–Crippen LogP) is 2.39. The second-order valence-corrected chi connectivity index (χ2v) is 8.41. The van der Waals surface area contributed by atoms with Gasteiger partial charge in [-0.25, -0.2) is 0 Å². The van der Waals surface area contributed by atoms with E-state index in [0.29, 0.717) is 0 Å². The topological polar surface area (TPSA) is 46.2 Å². The van der Waals surface area contributed by atoms with Crippen LogP contribution < -0.4 is 0 Å². The van der Waals surface area contributed by atoms with Gasteiger partial charge in [-0.3, -0.25) is 0 Å². The average molecular weight is 326 g/mol. The van der Waals surface area contributed by atoms with Crippen LogP contribution in [0.15, 0.2) is 0 Å². The van der Waals surface area contributed by atoms with Gasteiger partial charge >= 0.3 is 6.16 Å². The molecule has 0 N–H and O–H groups in total. The highest BCUT2D eigenvalue weighted by Crippen LogP contribution is 2.33. The van der Waals surface area contributed by atoms with Gasteiger partial charge in [0.15, 0.2) is 2.14 Å². The van der Waals surface area contributed by atoms with E-state index in [0.717, 1.165) is 0 Å². The van der Waals surface area contributed by atoms with Crippen LogP contribution in [0.5, 0.6) is 0 Å². The molecular weight excluding hydrogens is 324 g/mol. The molecule has 0 aromatic rings. The van der Waals surface area contributed by atoms with Gasteiger partial charge < -0.3 is 4.74 Å². The zero-order chi connectivity index (χ0) is 7.49. The van der Waals surface area contributed by atoms with Crippen LogP contribution in [0.4, 0.5) is 4.79 Å². The Balaban J connectivity index is 3.39. The Morgan fingerprint density at radius 3 is 2.00 bits per heavy atom. The van der Waals surface area contributed by atoms with Crippen molar-refractivity contribution >= 4 is 53.9 Å². The molecule has 0 saturated heterocycles. The van der Waals surface area contributed by atoms with E-state index in [-0.39, 0.29) is 6.61 Å². The van der Waals surface area contributed by atoms with Gasteiger partial charge in [0.05, 0.1) is 0 Å². The molecule has 0 heterocycles. The lowest BCUT2D eigenvalue weighted by Gasteiger charge is -2.08. The zero-order valence-electron chi connectivity index (χ0n) is 4.07.